The van der Waals surface area contributed by atoms with Gasteiger partial charge >= 0.3 is 0 Å². The molecule has 1 aliphatic rings. The zero-order valence-electron chi connectivity index (χ0n) is 12.1. The summed E-state index contributed by atoms with van der Waals surface area (Å²) in [5.74, 6) is 1.58. The maximum absolute atomic E-state index is 11.8. The number of carbonyl (C=O) groups is 1. The molecule has 0 aliphatic carbocycles. The Labute approximate surface area is 119 Å². The summed E-state index contributed by atoms with van der Waals surface area (Å²) in [5, 5.41) is 6.12. The standard InChI is InChI=1S/C15H22N2O3/c1-3-4-8-16-15(18)11(2)17-9-12-6-5-7-13-14(12)20-10-19-13/h5-7,11,17H,3-4,8-10H2,1-2H3,(H,16,18). The zero-order valence-corrected chi connectivity index (χ0v) is 12.1. The predicted molar refractivity (Wildman–Crippen MR) is 76.8 cm³/mol. The van der Waals surface area contributed by atoms with E-state index in [1.807, 2.05) is 25.1 Å². The third-order valence-electron chi connectivity index (χ3n) is 3.30. The number of amides is 1. The molecule has 0 spiro atoms. The Balaban J connectivity index is 1.83. The molecule has 1 amide bonds. The third kappa shape index (κ3) is 3.63. The van der Waals surface area contributed by atoms with E-state index in [1.165, 1.54) is 0 Å². The molecule has 0 saturated carbocycles. The molecule has 1 aromatic rings. The number of rotatable bonds is 7. The second-order valence-electron chi connectivity index (χ2n) is 4.90. The number of unbranched alkanes of at least 4 members (excludes halogenated alkanes) is 1. The van der Waals surface area contributed by atoms with Crippen molar-refractivity contribution in [2.45, 2.75) is 39.3 Å². The summed E-state index contributed by atoms with van der Waals surface area (Å²) in [6.07, 6.45) is 2.09. The molecule has 1 aliphatic heterocycles. The van der Waals surface area contributed by atoms with Gasteiger partial charge in [-0.05, 0) is 19.4 Å². The summed E-state index contributed by atoms with van der Waals surface area (Å²) in [6.45, 7) is 5.54. The van der Waals surface area contributed by atoms with Crippen LogP contribution in [0.1, 0.15) is 32.3 Å². The zero-order chi connectivity index (χ0) is 14.4. The molecule has 0 aromatic heterocycles. The second-order valence-corrected chi connectivity index (χ2v) is 4.90. The van der Waals surface area contributed by atoms with Crippen LogP contribution >= 0.6 is 0 Å². The fraction of sp³-hybridized carbons (Fsp3) is 0.533. The van der Waals surface area contributed by atoms with Crippen molar-refractivity contribution in [3.8, 4) is 11.5 Å². The van der Waals surface area contributed by atoms with E-state index in [1.54, 1.807) is 0 Å². The molecule has 0 radical (unpaired) electrons. The highest BCUT2D eigenvalue weighted by Crippen LogP contribution is 2.35. The first kappa shape index (κ1) is 14.7. The van der Waals surface area contributed by atoms with E-state index >= 15 is 0 Å². The maximum atomic E-state index is 11.8. The van der Waals surface area contributed by atoms with Crippen LogP contribution in [-0.4, -0.2) is 25.3 Å². The van der Waals surface area contributed by atoms with Gasteiger partial charge in [-0.3, -0.25) is 4.79 Å². The lowest BCUT2D eigenvalue weighted by atomic mass is 10.1. The van der Waals surface area contributed by atoms with Crippen molar-refractivity contribution in [2.24, 2.45) is 0 Å². The molecule has 1 aromatic carbocycles. The molecule has 5 nitrogen and oxygen atoms in total. The molecular formula is C15H22N2O3. The van der Waals surface area contributed by atoms with Gasteiger partial charge in [0.05, 0.1) is 6.04 Å². The number of hydrogen-bond donors (Lipinski definition) is 2. The highest BCUT2D eigenvalue weighted by Gasteiger charge is 2.18. The van der Waals surface area contributed by atoms with Crippen molar-refractivity contribution in [1.29, 1.82) is 0 Å². The van der Waals surface area contributed by atoms with E-state index in [9.17, 15) is 4.79 Å². The number of nitrogens with one attached hydrogen (secondary N) is 2. The second kappa shape index (κ2) is 7.14. The molecule has 0 saturated heterocycles. The van der Waals surface area contributed by atoms with Gasteiger partial charge in [-0.1, -0.05) is 25.5 Å². The van der Waals surface area contributed by atoms with Gasteiger partial charge in [0, 0.05) is 18.7 Å². The first-order chi connectivity index (χ1) is 9.72. The Hall–Kier alpha value is -1.75. The minimum absolute atomic E-state index is 0.0307. The Morgan fingerprint density at radius 2 is 2.25 bits per heavy atom. The van der Waals surface area contributed by atoms with E-state index in [0.717, 1.165) is 36.4 Å². The minimum Gasteiger partial charge on any atom is -0.454 e. The summed E-state index contributed by atoms with van der Waals surface area (Å²) in [7, 11) is 0. The fourth-order valence-corrected chi connectivity index (χ4v) is 2.03. The van der Waals surface area contributed by atoms with Gasteiger partial charge in [0.25, 0.3) is 0 Å². The van der Waals surface area contributed by atoms with Gasteiger partial charge in [0.2, 0.25) is 12.7 Å². The molecular weight excluding hydrogens is 256 g/mol. The molecule has 110 valence electrons. The number of carbonyl (C=O) groups excluding carboxylic acids is 1. The van der Waals surface area contributed by atoms with Crippen LogP contribution in [0.4, 0.5) is 0 Å². The van der Waals surface area contributed by atoms with Crippen LogP contribution in [0.3, 0.4) is 0 Å². The van der Waals surface area contributed by atoms with Crippen molar-refractivity contribution in [2.75, 3.05) is 13.3 Å². The van der Waals surface area contributed by atoms with Gasteiger partial charge in [0.1, 0.15) is 0 Å². The highest BCUT2D eigenvalue weighted by molar-refractivity contribution is 5.81. The lowest BCUT2D eigenvalue weighted by Gasteiger charge is -2.14. The van der Waals surface area contributed by atoms with Crippen LogP contribution in [-0.2, 0) is 11.3 Å². The maximum Gasteiger partial charge on any atom is 0.236 e. The normalized spacial score (nSPS) is 14.1. The lowest BCUT2D eigenvalue weighted by Crippen LogP contribution is -2.42. The number of benzene rings is 1. The Morgan fingerprint density at radius 3 is 3.05 bits per heavy atom. The Kier molecular flexibility index (Phi) is 5.24. The molecule has 1 heterocycles. The van der Waals surface area contributed by atoms with E-state index in [0.29, 0.717) is 6.54 Å². The van der Waals surface area contributed by atoms with Crippen LogP contribution < -0.4 is 20.1 Å². The number of hydrogen-bond acceptors (Lipinski definition) is 4. The van der Waals surface area contributed by atoms with Gasteiger partial charge in [0.15, 0.2) is 11.5 Å². The lowest BCUT2D eigenvalue weighted by molar-refractivity contribution is -0.122. The van der Waals surface area contributed by atoms with E-state index < -0.39 is 0 Å². The highest BCUT2D eigenvalue weighted by atomic mass is 16.7. The van der Waals surface area contributed by atoms with Crippen molar-refractivity contribution in [1.82, 2.24) is 10.6 Å². The fourth-order valence-electron chi connectivity index (χ4n) is 2.03. The summed E-state index contributed by atoms with van der Waals surface area (Å²) in [4.78, 5) is 11.8. The average Bonchev–Trinajstić information content (AvgIpc) is 2.93. The third-order valence-corrected chi connectivity index (χ3v) is 3.30. The molecule has 5 heteroatoms. The summed E-state index contributed by atoms with van der Waals surface area (Å²) >= 11 is 0. The molecule has 20 heavy (non-hydrogen) atoms. The topological polar surface area (TPSA) is 59.6 Å². The molecule has 2 rings (SSSR count). The number of fused-ring (bicyclic) bond motifs is 1. The number of ether oxygens (including phenoxy) is 2. The van der Waals surface area contributed by atoms with Crippen molar-refractivity contribution in [3.05, 3.63) is 23.8 Å². The van der Waals surface area contributed by atoms with Gasteiger partial charge in [-0.25, -0.2) is 0 Å². The SMILES string of the molecule is CCCCNC(=O)C(C)NCc1cccc2c1OCO2. The smallest absolute Gasteiger partial charge is 0.236 e. The van der Waals surface area contributed by atoms with E-state index in [-0.39, 0.29) is 18.7 Å². The van der Waals surface area contributed by atoms with Crippen molar-refractivity contribution >= 4 is 5.91 Å². The Morgan fingerprint density at radius 1 is 1.40 bits per heavy atom. The molecule has 1 atom stereocenters. The van der Waals surface area contributed by atoms with Gasteiger partial charge < -0.3 is 20.1 Å². The summed E-state index contributed by atoms with van der Waals surface area (Å²) < 4.78 is 10.8. The molecule has 2 N–H and O–H groups in total. The Bertz CT molecular complexity index is 462. The van der Waals surface area contributed by atoms with Gasteiger partial charge in [-0.2, -0.15) is 0 Å². The quantitative estimate of drug-likeness (QED) is 0.747. The van der Waals surface area contributed by atoms with E-state index in [4.69, 9.17) is 9.47 Å². The summed E-state index contributed by atoms with van der Waals surface area (Å²) in [6, 6.07) is 5.55. The van der Waals surface area contributed by atoms with Crippen molar-refractivity contribution in [3.63, 3.8) is 0 Å². The van der Waals surface area contributed by atoms with Crippen molar-refractivity contribution < 1.29 is 14.3 Å². The summed E-state index contributed by atoms with van der Waals surface area (Å²) in [5.41, 5.74) is 1.01. The van der Waals surface area contributed by atoms with Crippen LogP contribution in [0.5, 0.6) is 11.5 Å². The largest absolute Gasteiger partial charge is 0.454 e. The predicted octanol–water partition coefficient (Wildman–Crippen LogP) is 1.81. The first-order valence-electron chi connectivity index (χ1n) is 7.11. The molecule has 1 unspecified atom stereocenters. The monoisotopic (exact) mass is 278 g/mol. The molecule has 0 bridgehead atoms. The minimum atomic E-state index is -0.231. The van der Waals surface area contributed by atoms with Crippen LogP contribution in [0.15, 0.2) is 18.2 Å². The first-order valence-corrected chi connectivity index (χ1v) is 7.11. The van der Waals surface area contributed by atoms with Crippen LogP contribution in [0.2, 0.25) is 0 Å². The average molecular weight is 278 g/mol. The van der Waals surface area contributed by atoms with E-state index in [2.05, 4.69) is 17.6 Å². The van der Waals surface area contributed by atoms with Gasteiger partial charge in [-0.15, -0.1) is 0 Å². The van der Waals surface area contributed by atoms with Crippen LogP contribution in [0.25, 0.3) is 0 Å². The number of para-hydroxylation sites is 1. The molecule has 0 fully saturated rings. The van der Waals surface area contributed by atoms with Crippen LogP contribution in [0, 0.1) is 0 Å².